The van der Waals surface area contributed by atoms with Gasteiger partial charge in [-0.15, -0.1) is 11.8 Å². The van der Waals surface area contributed by atoms with Crippen LogP contribution < -0.4 is 0 Å². The van der Waals surface area contributed by atoms with Crippen molar-refractivity contribution in [2.75, 3.05) is 5.75 Å². The van der Waals surface area contributed by atoms with Crippen LogP contribution in [0.5, 0.6) is 0 Å². The molecule has 3 heteroatoms. The van der Waals surface area contributed by atoms with Crippen LogP contribution in [-0.2, 0) is 0 Å². The van der Waals surface area contributed by atoms with Crippen LogP contribution in [0.25, 0.3) is 0 Å². The molecule has 2 aliphatic rings. The Bertz CT molecular complexity index is 560. The summed E-state index contributed by atoms with van der Waals surface area (Å²) in [6, 6.07) is 6.37. The molecule has 0 nitrogen and oxygen atoms in total. The number of hydrogen-bond acceptors (Lipinski definition) is 1. The summed E-state index contributed by atoms with van der Waals surface area (Å²) in [7, 11) is 0. The van der Waals surface area contributed by atoms with E-state index in [0.29, 0.717) is 12.3 Å². The van der Waals surface area contributed by atoms with Crippen LogP contribution in [0.4, 0.5) is 4.39 Å². The summed E-state index contributed by atoms with van der Waals surface area (Å²) in [5, 5.41) is 0. The molecule has 0 saturated carbocycles. The van der Waals surface area contributed by atoms with Gasteiger partial charge in [0, 0.05) is 27.5 Å². The third-order valence-electron chi connectivity index (χ3n) is 3.74. The Hall–Kier alpha value is -0.540. The Morgan fingerprint density at radius 3 is 3.00 bits per heavy atom. The molecule has 1 aliphatic heterocycles. The van der Waals surface area contributed by atoms with Crippen molar-refractivity contribution in [1.29, 1.82) is 0 Å². The summed E-state index contributed by atoms with van der Waals surface area (Å²) in [6.07, 6.45) is 3.19. The molecule has 0 amide bonds. The molecule has 0 fully saturated rings. The first-order valence-corrected chi connectivity index (χ1v) is 7.94. The Balaban J connectivity index is 2.10. The summed E-state index contributed by atoms with van der Waals surface area (Å²) in [6.45, 7) is 2.24. The van der Waals surface area contributed by atoms with Crippen molar-refractivity contribution in [3.8, 4) is 0 Å². The standard InChI is InChI=1S/C15H14BrFS/c1-9-12-6-5-11(17)7-10(12)8-18-15-13(9)3-2-4-14(15)16/h2-4,7,9H,5-6,8H2,1H3. The van der Waals surface area contributed by atoms with Crippen LogP contribution in [0, 0.1) is 0 Å². The second-order valence-electron chi connectivity index (χ2n) is 4.81. The zero-order valence-electron chi connectivity index (χ0n) is 10.2. The van der Waals surface area contributed by atoms with Crippen LogP contribution in [-0.4, -0.2) is 5.75 Å². The highest BCUT2D eigenvalue weighted by atomic mass is 79.9. The van der Waals surface area contributed by atoms with Gasteiger partial charge in [0.05, 0.1) is 0 Å². The van der Waals surface area contributed by atoms with E-state index in [9.17, 15) is 4.39 Å². The molecule has 0 radical (unpaired) electrons. The van der Waals surface area contributed by atoms with E-state index in [4.69, 9.17) is 0 Å². The third kappa shape index (κ3) is 2.08. The van der Waals surface area contributed by atoms with Gasteiger partial charge in [-0.2, -0.15) is 0 Å². The summed E-state index contributed by atoms with van der Waals surface area (Å²) >= 11 is 5.44. The van der Waals surface area contributed by atoms with Gasteiger partial charge in [-0.1, -0.05) is 24.6 Å². The van der Waals surface area contributed by atoms with Crippen LogP contribution in [0.1, 0.15) is 31.2 Å². The van der Waals surface area contributed by atoms with Gasteiger partial charge in [0.2, 0.25) is 0 Å². The molecule has 94 valence electrons. The van der Waals surface area contributed by atoms with Gasteiger partial charge in [-0.3, -0.25) is 0 Å². The highest BCUT2D eigenvalue weighted by molar-refractivity contribution is 9.10. The zero-order valence-corrected chi connectivity index (χ0v) is 12.6. The lowest BCUT2D eigenvalue weighted by Gasteiger charge is -2.21. The molecule has 3 rings (SSSR count). The first-order chi connectivity index (χ1) is 8.66. The molecule has 1 aromatic rings. The van der Waals surface area contributed by atoms with Crippen LogP contribution in [0.15, 0.2) is 50.6 Å². The van der Waals surface area contributed by atoms with Gasteiger partial charge < -0.3 is 0 Å². The minimum Gasteiger partial charge on any atom is -0.212 e. The van der Waals surface area contributed by atoms with Crippen molar-refractivity contribution < 1.29 is 4.39 Å². The first kappa shape index (κ1) is 12.5. The summed E-state index contributed by atoms with van der Waals surface area (Å²) in [4.78, 5) is 1.31. The molecular weight excluding hydrogens is 311 g/mol. The van der Waals surface area contributed by atoms with E-state index in [1.54, 1.807) is 6.08 Å². The summed E-state index contributed by atoms with van der Waals surface area (Å²) < 4.78 is 14.6. The second kappa shape index (κ2) is 4.86. The number of halogens is 2. The number of hydrogen-bond donors (Lipinski definition) is 0. The van der Waals surface area contributed by atoms with Crippen molar-refractivity contribution in [3.05, 3.63) is 51.3 Å². The maximum absolute atomic E-state index is 13.4. The Morgan fingerprint density at radius 2 is 2.17 bits per heavy atom. The van der Waals surface area contributed by atoms with E-state index >= 15 is 0 Å². The molecule has 1 aliphatic carbocycles. The summed E-state index contributed by atoms with van der Waals surface area (Å²) in [5.41, 5.74) is 3.98. The lowest BCUT2D eigenvalue weighted by Crippen LogP contribution is -2.05. The van der Waals surface area contributed by atoms with E-state index in [1.807, 2.05) is 11.8 Å². The lowest BCUT2D eigenvalue weighted by atomic mass is 9.84. The fraction of sp³-hybridized carbons (Fsp3) is 0.333. The van der Waals surface area contributed by atoms with E-state index in [1.165, 1.54) is 21.6 Å². The molecule has 0 aromatic heterocycles. The van der Waals surface area contributed by atoms with Gasteiger partial charge in [0.1, 0.15) is 5.83 Å². The number of benzene rings is 1. The number of thioether (sulfide) groups is 1. The molecule has 1 aromatic carbocycles. The van der Waals surface area contributed by atoms with Crippen LogP contribution in [0.3, 0.4) is 0 Å². The Labute approximate surface area is 119 Å². The average molecular weight is 325 g/mol. The van der Waals surface area contributed by atoms with Crippen molar-refractivity contribution in [2.45, 2.75) is 30.6 Å². The van der Waals surface area contributed by atoms with Gasteiger partial charge in [0.25, 0.3) is 0 Å². The quantitative estimate of drug-likeness (QED) is 0.598. The fourth-order valence-corrected chi connectivity index (χ4v) is 4.66. The van der Waals surface area contributed by atoms with Crippen molar-refractivity contribution in [3.63, 3.8) is 0 Å². The van der Waals surface area contributed by atoms with Gasteiger partial charge in [0.15, 0.2) is 0 Å². The zero-order chi connectivity index (χ0) is 12.7. The predicted octanol–water partition coefficient (Wildman–Crippen LogP) is 5.60. The lowest BCUT2D eigenvalue weighted by molar-refractivity contribution is 0.570. The van der Waals surface area contributed by atoms with Crippen LogP contribution >= 0.6 is 27.7 Å². The molecule has 1 atom stereocenters. The number of fused-ring (bicyclic) bond motifs is 1. The average Bonchev–Trinajstić information content (AvgIpc) is 2.49. The molecular formula is C15H14BrFS. The predicted molar refractivity (Wildman–Crippen MR) is 78.7 cm³/mol. The van der Waals surface area contributed by atoms with E-state index in [2.05, 4.69) is 41.1 Å². The topological polar surface area (TPSA) is 0 Å². The molecule has 1 unspecified atom stereocenters. The molecule has 1 heterocycles. The van der Waals surface area contributed by atoms with Gasteiger partial charge in [-0.25, -0.2) is 4.39 Å². The molecule has 0 saturated heterocycles. The normalized spacial score (nSPS) is 23.1. The smallest absolute Gasteiger partial charge is 0.101 e. The molecule has 0 N–H and O–H groups in total. The maximum Gasteiger partial charge on any atom is 0.101 e. The van der Waals surface area contributed by atoms with Gasteiger partial charge in [-0.05, 0) is 45.6 Å². The van der Waals surface area contributed by atoms with Crippen molar-refractivity contribution in [1.82, 2.24) is 0 Å². The highest BCUT2D eigenvalue weighted by Crippen LogP contribution is 2.45. The van der Waals surface area contributed by atoms with Gasteiger partial charge >= 0.3 is 0 Å². The van der Waals surface area contributed by atoms with E-state index in [0.717, 1.165) is 16.6 Å². The largest absolute Gasteiger partial charge is 0.212 e. The first-order valence-electron chi connectivity index (χ1n) is 6.16. The molecule has 18 heavy (non-hydrogen) atoms. The van der Waals surface area contributed by atoms with E-state index < -0.39 is 0 Å². The highest BCUT2D eigenvalue weighted by Gasteiger charge is 2.25. The number of allylic oxidation sites excluding steroid dienone is 3. The number of rotatable bonds is 0. The molecule has 0 spiro atoms. The summed E-state index contributed by atoms with van der Waals surface area (Å²) in [5.74, 6) is 1.31. The SMILES string of the molecule is CC1C2=C(C=C(F)CC2)CSc2c(Br)cccc21. The Kier molecular flexibility index (Phi) is 3.37. The van der Waals surface area contributed by atoms with E-state index in [-0.39, 0.29) is 5.83 Å². The van der Waals surface area contributed by atoms with Crippen molar-refractivity contribution in [2.24, 2.45) is 0 Å². The van der Waals surface area contributed by atoms with Crippen LogP contribution in [0.2, 0.25) is 0 Å². The second-order valence-corrected chi connectivity index (χ2v) is 6.65. The fourth-order valence-electron chi connectivity index (χ4n) is 2.75. The third-order valence-corrected chi connectivity index (χ3v) is 5.86. The minimum absolute atomic E-state index is 0.0339. The van der Waals surface area contributed by atoms with Crippen molar-refractivity contribution >= 4 is 27.7 Å². The monoisotopic (exact) mass is 324 g/mol. The molecule has 0 bridgehead atoms. The minimum atomic E-state index is 0.0339. The maximum atomic E-state index is 13.4. The Morgan fingerprint density at radius 1 is 1.33 bits per heavy atom.